The molecule has 2 amide bonds. The molecule has 1 aromatic heterocycles. The molecule has 0 radical (unpaired) electrons. The summed E-state index contributed by atoms with van der Waals surface area (Å²) < 4.78 is 1.85. The maximum Gasteiger partial charge on any atom is 0.253 e. The van der Waals surface area contributed by atoms with Crippen molar-refractivity contribution in [3.05, 3.63) is 48.3 Å². The van der Waals surface area contributed by atoms with Crippen molar-refractivity contribution in [2.45, 2.75) is 37.8 Å². The van der Waals surface area contributed by atoms with E-state index in [9.17, 15) is 14.7 Å². The Kier molecular flexibility index (Phi) is 4.62. The number of likely N-dealkylation sites (tertiary alicyclic amines) is 1. The van der Waals surface area contributed by atoms with Gasteiger partial charge in [-0.05, 0) is 61.4 Å². The Morgan fingerprint density at radius 2 is 1.86 bits per heavy atom. The van der Waals surface area contributed by atoms with Gasteiger partial charge in [0.05, 0.1) is 12.1 Å². The van der Waals surface area contributed by atoms with Crippen molar-refractivity contribution in [1.29, 1.82) is 0 Å². The number of carbonyl (C=O) groups excluding carboxylic acids is 2. The molecule has 1 aromatic carbocycles. The van der Waals surface area contributed by atoms with Gasteiger partial charge in [0.15, 0.2) is 0 Å². The van der Waals surface area contributed by atoms with E-state index in [4.69, 9.17) is 0 Å². The molecule has 3 fully saturated rings. The van der Waals surface area contributed by atoms with Crippen molar-refractivity contribution in [2.24, 2.45) is 11.8 Å². The van der Waals surface area contributed by atoms with Crippen LogP contribution in [0.1, 0.15) is 42.1 Å². The van der Waals surface area contributed by atoms with Crippen LogP contribution < -0.4 is 4.90 Å². The Bertz CT molecular complexity index is 895. The SMILES string of the molecule is O=C(c1ccc(N2CCCC2=O)cc1)N1C[C@H]2C[C@@H](n3cccn3)[C@H](O)C[C@H]2C1. The minimum atomic E-state index is -0.427. The van der Waals surface area contributed by atoms with Gasteiger partial charge in [0.1, 0.15) is 0 Å². The first kappa shape index (κ1) is 18.4. The zero-order valence-electron chi connectivity index (χ0n) is 16.4. The largest absolute Gasteiger partial charge is 0.391 e. The van der Waals surface area contributed by atoms with E-state index in [1.165, 1.54) is 0 Å². The zero-order valence-corrected chi connectivity index (χ0v) is 16.4. The third-order valence-electron chi connectivity index (χ3n) is 6.76. The first-order valence-corrected chi connectivity index (χ1v) is 10.5. The molecule has 7 nitrogen and oxygen atoms in total. The minimum Gasteiger partial charge on any atom is -0.391 e. The molecule has 1 aliphatic carbocycles. The van der Waals surface area contributed by atoms with Crippen LogP contribution in [0.4, 0.5) is 5.69 Å². The lowest BCUT2D eigenvalue weighted by Gasteiger charge is -2.35. The van der Waals surface area contributed by atoms with E-state index in [1.54, 1.807) is 11.1 Å². The number of rotatable bonds is 3. The molecule has 2 saturated heterocycles. The third-order valence-corrected chi connectivity index (χ3v) is 6.76. The number of aromatic nitrogens is 2. The van der Waals surface area contributed by atoms with Crippen LogP contribution in [-0.2, 0) is 4.79 Å². The Labute approximate surface area is 169 Å². The van der Waals surface area contributed by atoms with Gasteiger partial charge in [0.25, 0.3) is 5.91 Å². The maximum atomic E-state index is 13.0. The van der Waals surface area contributed by atoms with Crippen LogP contribution in [0.25, 0.3) is 0 Å². The van der Waals surface area contributed by atoms with Gasteiger partial charge in [-0.15, -0.1) is 0 Å². The predicted molar refractivity (Wildman–Crippen MR) is 107 cm³/mol. The summed E-state index contributed by atoms with van der Waals surface area (Å²) in [5.74, 6) is 0.905. The summed E-state index contributed by atoms with van der Waals surface area (Å²) in [7, 11) is 0. The molecule has 2 aromatic rings. The van der Waals surface area contributed by atoms with Crippen molar-refractivity contribution in [3.8, 4) is 0 Å². The van der Waals surface area contributed by atoms with E-state index in [2.05, 4.69) is 5.10 Å². The van der Waals surface area contributed by atoms with Gasteiger partial charge in [-0.2, -0.15) is 5.10 Å². The molecule has 152 valence electrons. The molecule has 2 aliphatic heterocycles. The van der Waals surface area contributed by atoms with Crippen LogP contribution in [0.15, 0.2) is 42.7 Å². The Morgan fingerprint density at radius 3 is 2.52 bits per heavy atom. The fraction of sp³-hybridized carbons (Fsp3) is 0.500. The fourth-order valence-electron chi connectivity index (χ4n) is 5.22. The number of aliphatic hydroxyl groups is 1. The molecular weight excluding hydrogens is 368 g/mol. The monoisotopic (exact) mass is 394 g/mol. The summed E-state index contributed by atoms with van der Waals surface area (Å²) in [4.78, 5) is 28.7. The highest BCUT2D eigenvalue weighted by Gasteiger charge is 2.43. The number of aliphatic hydroxyl groups excluding tert-OH is 1. The van der Waals surface area contributed by atoms with Gasteiger partial charge >= 0.3 is 0 Å². The number of fused-ring (bicyclic) bond motifs is 1. The van der Waals surface area contributed by atoms with Crippen molar-refractivity contribution in [1.82, 2.24) is 14.7 Å². The first-order chi connectivity index (χ1) is 14.1. The highest BCUT2D eigenvalue weighted by molar-refractivity contribution is 5.97. The van der Waals surface area contributed by atoms with E-state index in [1.807, 2.05) is 46.1 Å². The maximum absolute atomic E-state index is 13.0. The second-order valence-corrected chi connectivity index (χ2v) is 8.52. The summed E-state index contributed by atoms with van der Waals surface area (Å²) in [6.07, 6.45) is 6.25. The first-order valence-electron chi connectivity index (χ1n) is 10.5. The van der Waals surface area contributed by atoms with Gasteiger partial charge < -0.3 is 14.9 Å². The number of hydrogen-bond donors (Lipinski definition) is 1. The van der Waals surface area contributed by atoms with Gasteiger partial charge in [-0.25, -0.2) is 0 Å². The van der Waals surface area contributed by atoms with Gasteiger partial charge in [-0.3, -0.25) is 14.3 Å². The predicted octanol–water partition coefficient (Wildman–Crippen LogP) is 2.09. The molecule has 3 heterocycles. The smallest absolute Gasteiger partial charge is 0.253 e. The second kappa shape index (κ2) is 7.30. The van der Waals surface area contributed by atoms with E-state index in [0.717, 1.165) is 31.6 Å². The van der Waals surface area contributed by atoms with E-state index in [-0.39, 0.29) is 17.9 Å². The highest BCUT2D eigenvalue weighted by atomic mass is 16.3. The summed E-state index contributed by atoms with van der Waals surface area (Å²) in [6.45, 7) is 2.17. The van der Waals surface area contributed by atoms with Gasteiger partial charge in [0, 0.05) is 49.7 Å². The van der Waals surface area contributed by atoms with Crippen LogP contribution in [-0.4, -0.2) is 57.3 Å². The zero-order chi connectivity index (χ0) is 20.0. The average Bonchev–Trinajstić information content (AvgIpc) is 3.47. The van der Waals surface area contributed by atoms with Crippen LogP contribution in [0.5, 0.6) is 0 Å². The number of carbonyl (C=O) groups is 2. The molecule has 3 aliphatic rings. The molecular formula is C22H26N4O3. The van der Waals surface area contributed by atoms with E-state index in [0.29, 0.717) is 36.8 Å². The van der Waals surface area contributed by atoms with E-state index < -0.39 is 6.10 Å². The average molecular weight is 394 g/mol. The molecule has 0 bridgehead atoms. The lowest BCUT2D eigenvalue weighted by Crippen LogP contribution is -2.36. The summed E-state index contributed by atoms with van der Waals surface area (Å²) in [5, 5.41) is 14.9. The van der Waals surface area contributed by atoms with Gasteiger partial charge in [-0.1, -0.05) is 0 Å². The van der Waals surface area contributed by atoms with Crippen molar-refractivity contribution < 1.29 is 14.7 Å². The highest BCUT2D eigenvalue weighted by Crippen LogP contribution is 2.41. The standard InChI is InChI=1S/C22H26N4O3/c27-20-12-17-14-24(13-16(17)11-19(20)26-10-2-8-23-26)22(29)15-4-6-18(7-5-15)25-9-1-3-21(25)28/h2,4-8,10,16-17,19-20,27H,1,3,9,11-14H2/t16-,17+,19-,20-/m1/s1. The Morgan fingerprint density at radius 1 is 1.10 bits per heavy atom. The summed E-state index contributed by atoms with van der Waals surface area (Å²) >= 11 is 0. The van der Waals surface area contributed by atoms with Crippen LogP contribution >= 0.6 is 0 Å². The second-order valence-electron chi connectivity index (χ2n) is 8.52. The Balaban J connectivity index is 1.26. The van der Waals surface area contributed by atoms with Crippen LogP contribution in [0, 0.1) is 11.8 Å². The van der Waals surface area contributed by atoms with E-state index >= 15 is 0 Å². The number of hydrogen-bond acceptors (Lipinski definition) is 4. The molecule has 1 saturated carbocycles. The Hall–Kier alpha value is -2.67. The van der Waals surface area contributed by atoms with Crippen LogP contribution in [0.2, 0.25) is 0 Å². The topological polar surface area (TPSA) is 78.7 Å². The van der Waals surface area contributed by atoms with Crippen molar-refractivity contribution >= 4 is 17.5 Å². The fourth-order valence-corrected chi connectivity index (χ4v) is 5.22. The lowest BCUT2D eigenvalue weighted by molar-refractivity contribution is -0.117. The van der Waals surface area contributed by atoms with Crippen LogP contribution in [0.3, 0.4) is 0 Å². The van der Waals surface area contributed by atoms with Crippen molar-refractivity contribution in [2.75, 3.05) is 24.5 Å². The third kappa shape index (κ3) is 3.33. The molecule has 0 unspecified atom stereocenters. The minimum absolute atomic E-state index is 0.0152. The number of nitrogens with zero attached hydrogens (tertiary/aromatic N) is 4. The lowest BCUT2D eigenvalue weighted by atomic mass is 9.77. The van der Waals surface area contributed by atoms with Crippen molar-refractivity contribution in [3.63, 3.8) is 0 Å². The molecule has 1 N–H and O–H groups in total. The quantitative estimate of drug-likeness (QED) is 0.865. The summed E-state index contributed by atoms with van der Waals surface area (Å²) in [5.41, 5.74) is 1.52. The molecule has 29 heavy (non-hydrogen) atoms. The number of amides is 2. The normalized spacial score (nSPS) is 29.3. The molecule has 7 heteroatoms. The summed E-state index contributed by atoms with van der Waals surface area (Å²) in [6, 6.07) is 9.26. The molecule has 4 atom stereocenters. The molecule has 0 spiro atoms. The van der Waals surface area contributed by atoms with Gasteiger partial charge in [0.2, 0.25) is 5.91 Å². The number of benzene rings is 1. The number of anilines is 1. The molecule has 5 rings (SSSR count).